The van der Waals surface area contributed by atoms with Crippen molar-refractivity contribution < 1.29 is 4.39 Å². The van der Waals surface area contributed by atoms with Crippen molar-refractivity contribution in [3.05, 3.63) is 41.8 Å². The molecule has 2 heterocycles. The van der Waals surface area contributed by atoms with Crippen molar-refractivity contribution in [2.45, 2.75) is 32.9 Å². The van der Waals surface area contributed by atoms with E-state index < -0.39 is 0 Å². The van der Waals surface area contributed by atoms with E-state index in [4.69, 9.17) is 5.73 Å². The SMILES string of the molecule is CC1(C)CN(Cc2cn[nH]c2-c2ccccc2F)CCC1N.Cl. The maximum Gasteiger partial charge on any atom is 0.132 e. The van der Waals surface area contributed by atoms with E-state index in [-0.39, 0.29) is 29.7 Å². The van der Waals surface area contributed by atoms with Crippen LogP contribution in [0.15, 0.2) is 30.5 Å². The highest BCUT2D eigenvalue weighted by atomic mass is 35.5. The predicted octanol–water partition coefficient (Wildman–Crippen LogP) is 3.20. The largest absolute Gasteiger partial charge is 0.327 e. The Balaban J connectivity index is 0.00000192. The van der Waals surface area contributed by atoms with Crippen LogP contribution in [-0.2, 0) is 6.54 Å². The molecule has 0 aliphatic carbocycles. The summed E-state index contributed by atoms with van der Waals surface area (Å²) in [6, 6.07) is 7.03. The molecule has 1 aromatic heterocycles. The van der Waals surface area contributed by atoms with Gasteiger partial charge in [0.25, 0.3) is 0 Å². The predicted molar refractivity (Wildman–Crippen MR) is 92.9 cm³/mol. The molecule has 3 rings (SSSR count). The molecule has 1 aromatic carbocycles. The first-order chi connectivity index (χ1) is 10.5. The Bertz CT molecular complexity index is 656. The molecule has 2 aromatic rings. The van der Waals surface area contributed by atoms with Crippen molar-refractivity contribution in [3.63, 3.8) is 0 Å². The lowest BCUT2D eigenvalue weighted by atomic mass is 9.79. The summed E-state index contributed by atoms with van der Waals surface area (Å²) >= 11 is 0. The Labute approximate surface area is 142 Å². The number of hydrogen-bond acceptors (Lipinski definition) is 3. The third kappa shape index (κ3) is 3.74. The summed E-state index contributed by atoms with van der Waals surface area (Å²) in [5, 5.41) is 7.05. The number of piperidine rings is 1. The second-order valence-corrected chi connectivity index (χ2v) is 6.84. The number of aromatic nitrogens is 2. The second kappa shape index (κ2) is 6.99. The fourth-order valence-electron chi connectivity index (χ4n) is 3.19. The van der Waals surface area contributed by atoms with Crippen molar-refractivity contribution in [1.82, 2.24) is 15.1 Å². The summed E-state index contributed by atoms with van der Waals surface area (Å²) < 4.78 is 14.0. The number of rotatable bonds is 3. The van der Waals surface area contributed by atoms with E-state index in [1.54, 1.807) is 18.3 Å². The van der Waals surface area contributed by atoms with Crippen LogP contribution in [0.25, 0.3) is 11.3 Å². The van der Waals surface area contributed by atoms with Gasteiger partial charge >= 0.3 is 0 Å². The Hall–Kier alpha value is -1.43. The Morgan fingerprint density at radius 2 is 2.13 bits per heavy atom. The van der Waals surface area contributed by atoms with Crippen LogP contribution in [-0.4, -0.2) is 34.2 Å². The first-order valence-corrected chi connectivity index (χ1v) is 7.72. The van der Waals surface area contributed by atoms with Gasteiger partial charge < -0.3 is 5.73 Å². The van der Waals surface area contributed by atoms with Gasteiger partial charge in [-0.15, -0.1) is 12.4 Å². The van der Waals surface area contributed by atoms with Crippen molar-refractivity contribution in [2.24, 2.45) is 11.1 Å². The van der Waals surface area contributed by atoms with Crippen molar-refractivity contribution in [1.29, 1.82) is 0 Å². The highest BCUT2D eigenvalue weighted by Gasteiger charge is 2.33. The molecule has 1 fully saturated rings. The zero-order valence-electron chi connectivity index (χ0n) is 13.6. The molecule has 6 heteroatoms. The maximum absolute atomic E-state index is 14.0. The molecule has 0 amide bonds. The van der Waals surface area contributed by atoms with Crippen LogP contribution in [0.3, 0.4) is 0 Å². The van der Waals surface area contributed by atoms with E-state index in [0.29, 0.717) is 5.56 Å². The zero-order chi connectivity index (χ0) is 15.7. The number of nitrogens with one attached hydrogen (secondary N) is 1. The number of nitrogens with two attached hydrogens (primary N) is 1. The first kappa shape index (κ1) is 17.9. The van der Waals surface area contributed by atoms with Crippen LogP contribution in [0.5, 0.6) is 0 Å². The van der Waals surface area contributed by atoms with Crippen LogP contribution < -0.4 is 5.73 Å². The van der Waals surface area contributed by atoms with Crippen LogP contribution in [0, 0.1) is 11.2 Å². The van der Waals surface area contributed by atoms with Crippen molar-refractivity contribution in [3.8, 4) is 11.3 Å². The summed E-state index contributed by atoms with van der Waals surface area (Å²) in [5.41, 5.74) is 8.66. The summed E-state index contributed by atoms with van der Waals surface area (Å²) in [6.07, 6.45) is 2.78. The third-order valence-corrected chi connectivity index (χ3v) is 4.65. The summed E-state index contributed by atoms with van der Waals surface area (Å²) in [5.74, 6) is -0.228. The van der Waals surface area contributed by atoms with Gasteiger partial charge in [0, 0.05) is 36.8 Å². The maximum atomic E-state index is 14.0. The van der Waals surface area contributed by atoms with Gasteiger partial charge in [-0.25, -0.2) is 4.39 Å². The van der Waals surface area contributed by atoms with Crippen molar-refractivity contribution in [2.75, 3.05) is 13.1 Å². The molecule has 1 aliphatic rings. The highest BCUT2D eigenvalue weighted by Crippen LogP contribution is 2.30. The van der Waals surface area contributed by atoms with E-state index in [1.807, 2.05) is 6.07 Å². The van der Waals surface area contributed by atoms with Gasteiger partial charge in [0.2, 0.25) is 0 Å². The minimum Gasteiger partial charge on any atom is -0.327 e. The number of halogens is 2. The lowest BCUT2D eigenvalue weighted by Gasteiger charge is -2.42. The molecule has 0 saturated carbocycles. The summed E-state index contributed by atoms with van der Waals surface area (Å²) in [6.45, 7) is 7.08. The summed E-state index contributed by atoms with van der Waals surface area (Å²) in [4.78, 5) is 2.37. The average Bonchev–Trinajstić information content (AvgIpc) is 2.91. The quantitative estimate of drug-likeness (QED) is 0.903. The number of aromatic amines is 1. The molecule has 4 nitrogen and oxygen atoms in total. The zero-order valence-corrected chi connectivity index (χ0v) is 14.4. The molecule has 126 valence electrons. The fraction of sp³-hybridized carbons (Fsp3) is 0.471. The van der Waals surface area contributed by atoms with E-state index in [2.05, 4.69) is 28.9 Å². The number of likely N-dealkylation sites (tertiary alicyclic amines) is 1. The number of H-pyrrole nitrogens is 1. The molecule has 1 unspecified atom stereocenters. The van der Waals surface area contributed by atoms with Crippen LogP contribution in [0.4, 0.5) is 4.39 Å². The monoisotopic (exact) mass is 338 g/mol. The molecule has 0 bridgehead atoms. The van der Waals surface area contributed by atoms with Gasteiger partial charge in [-0.2, -0.15) is 5.10 Å². The van der Waals surface area contributed by atoms with Gasteiger partial charge in [0.1, 0.15) is 5.82 Å². The van der Waals surface area contributed by atoms with Crippen molar-refractivity contribution >= 4 is 12.4 Å². The minimum absolute atomic E-state index is 0. The number of hydrogen-bond donors (Lipinski definition) is 2. The van der Waals surface area contributed by atoms with Gasteiger partial charge in [0.05, 0.1) is 11.9 Å². The lowest BCUT2D eigenvalue weighted by Crippen LogP contribution is -2.52. The molecule has 1 aliphatic heterocycles. The number of benzene rings is 1. The Morgan fingerprint density at radius 3 is 2.83 bits per heavy atom. The van der Waals surface area contributed by atoms with Crippen LogP contribution in [0.1, 0.15) is 25.8 Å². The van der Waals surface area contributed by atoms with Crippen LogP contribution >= 0.6 is 12.4 Å². The third-order valence-electron chi connectivity index (χ3n) is 4.65. The molecule has 23 heavy (non-hydrogen) atoms. The van der Waals surface area contributed by atoms with Crippen LogP contribution in [0.2, 0.25) is 0 Å². The molecule has 1 saturated heterocycles. The lowest BCUT2D eigenvalue weighted by molar-refractivity contribution is 0.0900. The van der Waals surface area contributed by atoms with Gasteiger partial charge in [0.15, 0.2) is 0 Å². The highest BCUT2D eigenvalue weighted by molar-refractivity contribution is 5.85. The van der Waals surface area contributed by atoms with E-state index in [1.165, 1.54) is 6.07 Å². The fourth-order valence-corrected chi connectivity index (χ4v) is 3.19. The molecule has 1 atom stereocenters. The molecular formula is C17H24ClFN4. The van der Waals surface area contributed by atoms with Gasteiger partial charge in [-0.1, -0.05) is 26.0 Å². The average molecular weight is 339 g/mol. The Morgan fingerprint density at radius 1 is 1.39 bits per heavy atom. The van der Waals surface area contributed by atoms with Gasteiger partial charge in [-0.3, -0.25) is 10.00 Å². The number of nitrogens with zero attached hydrogens (tertiary/aromatic N) is 2. The smallest absolute Gasteiger partial charge is 0.132 e. The second-order valence-electron chi connectivity index (χ2n) is 6.84. The van der Waals surface area contributed by atoms with E-state index >= 15 is 0 Å². The normalized spacial score (nSPS) is 21.0. The molecule has 0 spiro atoms. The topological polar surface area (TPSA) is 57.9 Å². The molecule has 0 radical (unpaired) electrons. The first-order valence-electron chi connectivity index (χ1n) is 7.72. The van der Waals surface area contributed by atoms with Gasteiger partial charge in [-0.05, 0) is 24.0 Å². The standard InChI is InChI=1S/C17H23FN4.ClH/c1-17(2)11-22(8-7-15(17)19)10-12-9-20-21-16(12)13-5-3-4-6-14(13)18;/h3-6,9,15H,7-8,10-11,19H2,1-2H3,(H,20,21);1H. The minimum atomic E-state index is -0.228. The summed E-state index contributed by atoms with van der Waals surface area (Å²) in [7, 11) is 0. The molecule has 3 N–H and O–H groups in total. The van der Waals surface area contributed by atoms with E-state index in [0.717, 1.165) is 37.3 Å². The van der Waals surface area contributed by atoms with E-state index in [9.17, 15) is 4.39 Å². The molecular weight excluding hydrogens is 315 g/mol. The Kier molecular flexibility index (Phi) is 5.45.